The summed E-state index contributed by atoms with van der Waals surface area (Å²) in [6.07, 6.45) is 0. The number of hydrogen-bond donors (Lipinski definition) is 2. The molecule has 3 rings (SSSR count). The van der Waals surface area contributed by atoms with Gasteiger partial charge < -0.3 is 9.26 Å². The van der Waals surface area contributed by atoms with Gasteiger partial charge in [0, 0.05) is 12.5 Å². The van der Waals surface area contributed by atoms with Gasteiger partial charge in [-0.3, -0.25) is 20.4 Å². The van der Waals surface area contributed by atoms with Gasteiger partial charge in [0.1, 0.15) is 5.75 Å². The van der Waals surface area contributed by atoms with Crippen molar-refractivity contribution in [3.05, 3.63) is 77.4 Å². The predicted molar refractivity (Wildman–Crippen MR) is 91.2 cm³/mol. The molecule has 0 saturated carbocycles. The van der Waals surface area contributed by atoms with Crippen LogP contribution in [0.1, 0.15) is 32.4 Å². The minimum absolute atomic E-state index is 0.0536. The van der Waals surface area contributed by atoms with Crippen LogP contribution in [0.3, 0.4) is 0 Å². The number of para-hydroxylation sites is 1. The number of amides is 2. The number of carbonyl (C=O) groups excluding carboxylic acids is 2. The normalized spacial score (nSPS) is 10.2. The third-order valence-corrected chi connectivity index (χ3v) is 3.38. The van der Waals surface area contributed by atoms with E-state index in [1.807, 2.05) is 0 Å². The molecular formula is C18H16N4O4. The minimum atomic E-state index is -0.505. The maximum absolute atomic E-state index is 12.4. The number of nitrogens with zero attached hydrogens (tertiary/aromatic N) is 2. The quantitative estimate of drug-likeness (QED) is 0.681. The molecule has 8 heteroatoms. The van der Waals surface area contributed by atoms with Crippen LogP contribution >= 0.6 is 0 Å². The molecule has 0 saturated heterocycles. The topological polar surface area (TPSA) is 106 Å². The van der Waals surface area contributed by atoms with E-state index in [1.165, 1.54) is 0 Å². The van der Waals surface area contributed by atoms with Gasteiger partial charge in [-0.2, -0.15) is 4.98 Å². The smallest absolute Gasteiger partial charge is 0.273 e. The van der Waals surface area contributed by atoms with Crippen molar-refractivity contribution in [2.75, 3.05) is 0 Å². The molecule has 0 bridgehead atoms. The average molecular weight is 352 g/mol. The first-order chi connectivity index (χ1) is 12.6. The fraction of sp³-hybridized carbons (Fsp3) is 0.111. The van der Waals surface area contributed by atoms with Gasteiger partial charge in [0.25, 0.3) is 11.8 Å². The van der Waals surface area contributed by atoms with E-state index in [4.69, 9.17) is 9.26 Å². The Morgan fingerprint density at radius 1 is 1.00 bits per heavy atom. The molecule has 0 spiro atoms. The molecule has 3 aromatic rings. The summed E-state index contributed by atoms with van der Waals surface area (Å²) >= 11 is 0. The van der Waals surface area contributed by atoms with Gasteiger partial charge in [0.05, 0.1) is 5.56 Å². The number of hydrogen-bond acceptors (Lipinski definition) is 6. The molecule has 1 aromatic heterocycles. The zero-order valence-electron chi connectivity index (χ0n) is 13.9. The highest BCUT2D eigenvalue weighted by Crippen LogP contribution is 2.18. The lowest BCUT2D eigenvalue weighted by atomic mass is 10.2. The van der Waals surface area contributed by atoms with Crippen LogP contribution in [-0.4, -0.2) is 22.0 Å². The number of nitrogens with one attached hydrogen (secondary N) is 2. The van der Waals surface area contributed by atoms with Gasteiger partial charge in [-0.15, -0.1) is 0 Å². The Labute approximate surface area is 149 Å². The highest BCUT2D eigenvalue weighted by atomic mass is 16.5. The largest absolute Gasteiger partial charge is 0.485 e. The monoisotopic (exact) mass is 352 g/mol. The van der Waals surface area contributed by atoms with E-state index in [1.54, 1.807) is 61.5 Å². The Kier molecular flexibility index (Phi) is 5.23. The van der Waals surface area contributed by atoms with Gasteiger partial charge in [-0.25, -0.2) is 0 Å². The molecule has 2 amide bonds. The zero-order valence-corrected chi connectivity index (χ0v) is 13.9. The number of benzene rings is 2. The van der Waals surface area contributed by atoms with E-state index in [0.717, 1.165) is 0 Å². The predicted octanol–water partition coefficient (Wildman–Crippen LogP) is 2.03. The van der Waals surface area contributed by atoms with Crippen molar-refractivity contribution in [2.45, 2.75) is 13.5 Å². The lowest BCUT2D eigenvalue weighted by molar-refractivity contribution is 0.0844. The van der Waals surface area contributed by atoms with Crippen molar-refractivity contribution in [3.8, 4) is 5.75 Å². The first kappa shape index (κ1) is 17.2. The number of rotatable bonds is 5. The molecule has 8 nitrogen and oxygen atoms in total. The molecule has 0 unspecified atom stereocenters. The summed E-state index contributed by atoms with van der Waals surface area (Å²) < 4.78 is 10.5. The Morgan fingerprint density at radius 3 is 2.42 bits per heavy atom. The number of carbonyl (C=O) groups is 2. The molecule has 0 aliphatic rings. The molecule has 2 N–H and O–H groups in total. The van der Waals surface area contributed by atoms with Crippen LogP contribution in [0.2, 0.25) is 0 Å². The summed E-state index contributed by atoms with van der Waals surface area (Å²) in [7, 11) is 0. The first-order valence-corrected chi connectivity index (χ1v) is 7.80. The Bertz CT molecular complexity index is 908. The molecule has 26 heavy (non-hydrogen) atoms. The van der Waals surface area contributed by atoms with Crippen LogP contribution in [0.25, 0.3) is 0 Å². The van der Waals surface area contributed by atoms with Crippen molar-refractivity contribution in [2.24, 2.45) is 0 Å². The molecule has 2 aromatic carbocycles. The number of hydrazine groups is 1. The van der Waals surface area contributed by atoms with Crippen molar-refractivity contribution < 1.29 is 18.8 Å². The van der Waals surface area contributed by atoms with Gasteiger partial charge in [-0.05, 0) is 24.3 Å². The van der Waals surface area contributed by atoms with E-state index in [-0.39, 0.29) is 12.2 Å². The Morgan fingerprint density at radius 2 is 1.69 bits per heavy atom. The summed E-state index contributed by atoms with van der Waals surface area (Å²) in [5.41, 5.74) is 5.44. The van der Waals surface area contributed by atoms with Crippen LogP contribution in [0.15, 0.2) is 59.1 Å². The fourth-order valence-electron chi connectivity index (χ4n) is 2.16. The summed E-state index contributed by atoms with van der Waals surface area (Å²) in [6.45, 7) is 1.73. The third-order valence-electron chi connectivity index (χ3n) is 3.38. The van der Waals surface area contributed by atoms with E-state index < -0.39 is 11.8 Å². The van der Waals surface area contributed by atoms with Crippen LogP contribution in [-0.2, 0) is 6.61 Å². The number of aryl methyl sites for hydroxylation is 1. The Hall–Kier alpha value is -3.68. The first-order valence-electron chi connectivity index (χ1n) is 7.80. The van der Waals surface area contributed by atoms with Gasteiger partial charge in [0.15, 0.2) is 6.61 Å². The summed E-state index contributed by atoms with van der Waals surface area (Å²) in [5.74, 6) is 0.212. The molecule has 1 heterocycles. The van der Waals surface area contributed by atoms with Crippen molar-refractivity contribution in [1.82, 2.24) is 21.0 Å². The number of aromatic nitrogens is 2. The Balaban J connectivity index is 1.63. The molecular weight excluding hydrogens is 336 g/mol. The third kappa shape index (κ3) is 4.23. The molecule has 0 aliphatic heterocycles. The maximum atomic E-state index is 12.4. The van der Waals surface area contributed by atoms with Crippen LogP contribution in [0.4, 0.5) is 0 Å². The zero-order chi connectivity index (χ0) is 18.4. The van der Waals surface area contributed by atoms with Crippen LogP contribution in [0.5, 0.6) is 5.75 Å². The van der Waals surface area contributed by atoms with Crippen molar-refractivity contribution in [3.63, 3.8) is 0 Å². The van der Waals surface area contributed by atoms with E-state index in [2.05, 4.69) is 21.0 Å². The lowest BCUT2D eigenvalue weighted by Crippen LogP contribution is -2.41. The summed E-state index contributed by atoms with van der Waals surface area (Å²) in [6, 6.07) is 15.2. The molecule has 0 aliphatic carbocycles. The second-order valence-corrected chi connectivity index (χ2v) is 5.29. The maximum Gasteiger partial charge on any atom is 0.273 e. The second kappa shape index (κ2) is 7.93. The summed E-state index contributed by atoms with van der Waals surface area (Å²) in [5, 5.41) is 3.73. The van der Waals surface area contributed by atoms with Crippen LogP contribution < -0.4 is 15.6 Å². The highest BCUT2D eigenvalue weighted by Gasteiger charge is 2.14. The molecule has 0 radical (unpaired) electrons. The van der Waals surface area contributed by atoms with Crippen LogP contribution in [0, 0.1) is 6.92 Å². The second-order valence-electron chi connectivity index (χ2n) is 5.29. The van der Waals surface area contributed by atoms with Gasteiger partial charge in [0.2, 0.25) is 11.7 Å². The average Bonchev–Trinajstić information content (AvgIpc) is 3.10. The molecule has 132 valence electrons. The number of ether oxygens (including phenoxy) is 1. The highest BCUT2D eigenvalue weighted by molar-refractivity contribution is 6.00. The fourth-order valence-corrected chi connectivity index (χ4v) is 2.16. The van der Waals surface area contributed by atoms with Gasteiger partial charge >= 0.3 is 0 Å². The van der Waals surface area contributed by atoms with Crippen molar-refractivity contribution >= 4 is 11.8 Å². The van der Waals surface area contributed by atoms with Gasteiger partial charge in [-0.1, -0.05) is 35.5 Å². The van der Waals surface area contributed by atoms with E-state index >= 15 is 0 Å². The molecule has 0 fully saturated rings. The SMILES string of the molecule is Cc1nc(COc2ccccc2C(=O)NNC(=O)c2ccccc2)no1. The lowest BCUT2D eigenvalue weighted by Gasteiger charge is -2.11. The molecule has 0 atom stereocenters. The minimum Gasteiger partial charge on any atom is -0.485 e. The summed E-state index contributed by atoms with van der Waals surface area (Å²) in [4.78, 5) is 28.4. The van der Waals surface area contributed by atoms with E-state index in [9.17, 15) is 9.59 Å². The standard InChI is InChI=1S/C18H16N4O4/c1-12-19-16(22-26-12)11-25-15-10-6-5-9-14(15)18(24)21-20-17(23)13-7-3-2-4-8-13/h2-10H,11H2,1H3,(H,20,23)(H,21,24). The van der Waals surface area contributed by atoms with Crippen molar-refractivity contribution in [1.29, 1.82) is 0 Å². The van der Waals surface area contributed by atoms with E-state index in [0.29, 0.717) is 23.0 Å².